The number of aromatic nitrogens is 1. The summed E-state index contributed by atoms with van der Waals surface area (Å²) in [6.07, 6.45) is 0.945. The lowest BCUT2D eigenvalue weighted by atomic mass is 9.98. The molecular formula is C13H20N2O3. The first-order valence-corrected chi connectivity index (χ1v) is 5.83. The van der Waals surface area contributed by atoms with Crippen molar-refractivity contribution in [3.8, 4) is 0 Å². The Kier molecular flexibility index (Phi) is 3.96. The fourth-order valence-corrected chi connectivity index (χ4v) is 1.44. The highest BCUT2D eigenvalue weighted by Gasteiger charge is 2.27. The number of ketones is 1. The standard InChI is InChI=1S/C13H20N2O3/c1-8(16)10-6-11(15(5)7-10)12(18)14-13(3,4)9(2)17/h6-7,9,17H,1-5H3,(H,14,18). The maximum absolute atomic E-state index is 12.1. The molecule has 0 bridgehead atoms. The number of aliphatic hydroxyl groups is 1. The number of Topliss-reactive ketones (excluding diaryl/α,β-unsaturated/α-hetero) is 1. The van der Waals surface area contributed by atoms with Gasteiger partial charge in [0.2, 0.25) is 0 Å². The monoisotopic (exact) mass is 252 g/mol. The Hall–Kier alpha value is -1.62. The Balaban J connectivity index is 2.95. The quantitative estimate of drug-likeness (QED) is 0.789. The van der Waals surface area contributed by atoms with Gasteiger partial charge in [0.15, 0.2) is 5.78 Å². The molecule has 1 unspecified atom stereocenters. The van der Waals surface area contributed by atoms with Crippen LogP contribution in [0.1, 0.15) is 48.5 Å². The normalized spacial score (nSPS) is 13.2. The van der Waals surface area contributed by atoms with Crippen molar-refractivity contribution in [2.75, 3.05) is 0 Å². The smallest absolute Gasteiger partial charge is 0.268 e. The zero-order valence-corrected chi connectivity index (χ0v) is 11.4. The van der Waals surface area contributed by atoms with Crippen molar-refractivity contribution in [2.24, 2.45) is 7.05 Å². The van der Waals surface area contributed by atoms with Gasteiger partial charge < -0.3 is 15.0 Å². The molecule has 0 aromatic carbocycles. The lowest BCUT2D eigenvalue weighted by Gasteiger charge is -2.29. The number of aryl methyl sites for hydroxylation is 1. The van der Waals surface area contributed by atoms with E-state index in [4.69, 9.17) is 0 Å². The van der Waals surface area contributed by atoms with E-state index in [0.717, 1.165) is 0 Å². The predicted molar refractivity (Wildman–Crippen MR) is 68.6 cm³/mol. The highest BCUT2D eigenvalue weighted by atomic mass is 16.3. The van der Waals surface area contributed by atoms with Gasteiger partial charge in [-0.05, 0) is 33.8 Å². The van der Waals surface area contributed by atoms with Crippen LogP contribution in [0.4, 0.5) is 0 Å². The Morgan fingerprint density at radius 1 is 1.44 bits per heavy atom. The van der Waals surface area contributed by atoms with Crippen LogP contribution in [0.2, 0.25) is 0 Å². The minimum absolute atomic E-state index is 0.0839. The van der Waals surface area contributed by atoms with Crippen LogP contribution in [-0.2, 0) is 7.05 Å². The third kappa shape index (κ3) is 2.98. The maximum atomic E-state index is 12.1. The van der Waals surface area contributed by atoms with Gasteiger partial charge in [0.25, 0.3) is 5.91 Å². The summed E-state index contributed by atoms with van der Waals surface area (Å²) in [6.45, 7) is 6.55. The summed E-state index contributed by atoms with van der Waals surface area (Å²) in [6, 6.07) is 1.55. The number of carbonyl (C=O) groups excluding carboxylic acids is 2. The van der Waals surface area contributed by atoms with E-state index in [1.165, 1.54) is 6.92 Å². The Bertz CT molecular complexity index is 473. The predicted octanol–water partition coefficient (Wildman–Crippen LogP) is 1.12. The summed E-state index contributed by atoms with van der Waals surface area (Å²) in [7, 11) is 1.71. The summed E-state index contributed by atoms with van der Waals surface area (Å²) >= 11 is 0. The molecule has 5 nitrogen and oxygen atoms in total. The van der Waals surface area contributed by atoms with Crippen LogP contribution >= 0.6 is 0 Å². The van der Waals surface area contributed by atoms with Crippen LogP contribution in [0.3, 0.4) is 0 Å². The molecule has 0 aliphatic rings. The molecule has 1 heterocycles. The van der Waals surface area contributed by atoms with Gasteiger partial charge in [-0.2, -0.15) is 0 Å². The molecule has 5 heteroatoms. The second kappa shape index (κ2) is 4.94. The molecule has 2 N–H and O–H groups in total. The molecule has 0 spiro atoms. The molecule has 1 atom stereocenters. The topological polar surface area (TPSA) is 71.3 Å². The highest BCUT2D eigenvalue weighted by Crippen LogP contribution is 2.12. The van der Waals surface area contributed by atoms with Crippen molar-refractivity contribution in [3.05, 3.63) is 23.5 Å². The van der Waals surface area contributed by atoms with Crippen LogP contribution in [-0.4, -0.2) is 33.0 Å². The van der Waals surface area contributed by atoms with Crippen LogP contribution in [0.5, 0.6) is 0 Å². The molecule has 1 aromatic heterocycles. The van der Waals surface area contributed by atoms with Gasteiger partial charge in [-0.1, -0.05) is 0 Å². The second-order valence-electron chi connectivity index (χ2n) is 5.13. The van der Waals surface area contributed by atoms with Gasteiger partial charge in [0.1, 0.15) is 5.69 Å². The van der Waals surface area contributed by atoms with Crippen molar-refractivity contribution >= 4 is 11.7 Å². The number of hydrogen-bond acceptors (Lipinski definition) is 3. The van der Waals surface area contributed by atoms with Gasteiger partial charge >= 0.3 is 0 Å². The lowest BCUT2D eigenvalue weighted by molar-refractivity contribution is 0.0703. The first kappa shape index (κ1) is 14.4. The van der Waals surface area contributed by atoms with Crippen LogP contribution in [0.15, 0.2) is 12.3 Å². The fourth-order valence-electron chi connectivity index (χ4n) is 1.44. The zero-order valence-electron chi connectivity index (χ0n) is 11.4. The van der Waals surface area contributed by atoms with Gasteiger partial charge in [-0.25, -0.2) is 0 Å². The molecule has 1 aromatic rings. The summed E-state index contributed by atoms with van der Waals surface area (Å²) in [5.74, 6) is -0.393. The van der Waals surface area contributed by atoms with Crippen molar-refractivity contribution in [3.63, 3.8) is 0 Å². The van der Waals surface area contributed by atoms with E-state index in [-0.39, 0.29) is 11.7 Å². The molecule has 0 fully saturated rings. The molecule has 100 valence electrons. The van der Waals surface area contributed by atoms with Gasteiger partial charge in [0, 0.05) is 18.8 Å². The van der Waals surface area contributed by atoms with E-state index in [1.54, 1.807) is 44.6 Å². The minimum atomic E-state index is -0.724. The van der Waals surface area contributed by atoms with E-state index < -0.39 is 11.6 Å². The molecule has 1 rings (SSSR count). The van der Waals surface area contributed by atoms with Crippen LogP contribution in [0.25, 0.3) is 0 Å². The first-order valence-electron chi connectivity index (χ1n) is 5.83. The summed E-state index contributed by atoms with van der Waals surface area (Å²) < 4.78 is 1.60. The van der Waals surface area contributed by atoms with E-state index in [1.807, 2.05) is 0 Å². The zero-order chi connectivity index (χ0) is 14.1. The molecule has 18 heavy (non-hydrogen) atoms. The number of carbonyl (C=O) groups is 2. The van der Waals surface area contributed by atoms with Gasteiger partial charge in [-0.15, -0.1) is 0 Å². The molecule has 0 saturated carbocycles. The van der Waals surface area contributed by atoms with Crippen LogP contribution in [0, 0.1) is 0 Å². The van der Waals surface area contributed by atoms with E-state index in [9.17, 15) is 14.7 Å². The second-order valence-corrected chi connectivity index (χ2v) is 5.13. The van der Waals surface area contributed by atoms with Gasteiger partial charge in [0.05, 0.1) is 11.6 Å². The fraction of sp³-hybridized carbons (Fsp3) is 0.538. The highest BCUT2D eigenvalue weighted by molar-refractivity contribution is 5.99. The van der Waals surface area contributed by atoms with Crippen molar-refractivity contribution < 1.29 is 14.7 Å². The molecule has 1 amide bonds. The molecule has 0 aliphatic carbocycles. The van der Waals surface area contributed by atoms with Crippen molar-refractivity contribution in [2.45, 2.75) is 39.3 Å². The molecule has 0 saturated heterocycles. The summed E-state index contributed by atoms with van der Waals surface area (Å²) in [5, 5.41) is 12.3. The molecular weight excluding hydrogens is 232 g/mol. The van der Waals surface area contributed by atoms with E-state index in [2.05, 4.69) is 5.32 Å². The number of amides is 1. The summed E-state index contributed by atoms with van der Waals surface area (Å²) in [5.41, 5.74) is 0.170. The van der Waals surface area contributed by atoms with E-state index in [0.29, 0.717) is 11.3 Å². The SMILES string of the molecule is CC(=O)c1cc(C(=O)NC(C)(C)C(C)O)n(C)c1. The van der Waals surface area contributed by atoms with Crippen molar-refractivity contribution in [1.29, 1.82) is 0 Å². The third-order valence-corrected chi connectivity index (χ3v) is 3.12. The maximum Gasteiger partial charge on any atom is 0.268 e. The molecule has 0 radical (unpaired) electrons. The number of nitrogens with one attached hydrogen (secondary N) is 1. The average Bonchev–Trinajstić information content (AvgIpc) is 2.59. The number of rotatable bonds is 4. The summed E-state index contributed by atoms with van der Waals surface area (Å²) in [4.78, 5) is 23.3. The minimum Gasteiger partial charge on any atom is -0.391 e. The number of nitrogens with zero attached hydrogens (tertiary/aromatic N) is 1. The Morgan fingerprint density at radius 2 is 2.00 bits per heavy atom. The molecule has 0 aliphatic heterocycles. The largest absolute Gasteiger partial charge is 0.391 e. The van der Waals surface area contributed by atoms with Gasteiger partial charge in [-0.3, -0.25) is 9.59 Å². The van der Waals surface area contributed by atoms with Crippen molar-refractivity contribution in [1.82, 2.24) is 9.88 Å². The Labute approximate surface area is 107 Å². The first-order chi connectivity index (χ1) is 8.15. The van der Waals surface area contributed by atoms with E-state index >= 15 is 0 Å². The third-order valence-electron chi connectivity index (χ3n) is 3.12. The average molecular weight is 252 g/mol. The lowest BCUT2D eigenvalue weighted by Crippen LogP contribution is -2.51. The number of hydrogen-bond donors (Lipinski definition) is 2. The van der Waals surface area contributed by atoms with Crippen LogP contribution < -0.4 is 5.32 Å². The number of aliphatic hydroxyl groups excluding tert-OH is 1. The Morgan fingerprint density at radius 3 is 2.39 bits per heavy atom.